The topological polar surface area (TPSA) is 71.4 Å². The van der Waals surface area contributed by atoms with E-state index in [0.717, 1.165) is 57.0 Å². The van der Waals surface area contributed by atoms with Crippen molar-refractivity contribution in [2.24, 2.45) is 5.73 Å². The van der Waals surface area contributed by atoms with Gasteiger partial charge in [-0.25, -0.2) is 0 Å². The zero-order chi connectivity index (χ0) is 13.5. The van der Waals surface area contributed by atoms with E-state index in [-0.39, 0.29) is 0 Å². The summed E-state index contributed by atoms with van der Waals surface area (Å²) in [7, 11) is 0. The predicted octanol–water partition coefficient (Wildman–Crippen LogP) is 0.727. The molecule has 4 aliphatic rings. The number of nitrogens with zero attached hydrogens (tertiary/aromatic N) is 4. The van der Waals surface area contributed by atoms with Crippen molar-refractivity contribution in [3.05, 3.63) is 11.7 Å². The highest BCUT2D eigenvalue weighted by atomic mass is 16.5. The van der Waals surface area contributed by atoms with E-state index in [1.165, 1.54) is 13.1 Å². The number of hydrogen-bond donors (Lipinski definition) is 1. The molecule has 3 saturated heterocycles. The van der Waals surface area contributed by atoms with Gasteiger partial charge < -0.3 is 10.3 Å². The fourth-order valence-corrected chi connectivity index (χ4v) is 3.78. The molecule has 2 N–H and O–H groups in total. The Balaban J connectivity index is 1.48. The number of hydrogen-bond acceptors (Lipinski definition) is 6. The fraction of sp³-hybridized carbons (Fsp3) is 0.857. The minimum absolute atomic E-state index is 0.334. The first kappa shape index (κ1) is 12.7. The molecule has 1 unspecified atom stereocenters. The second-order valence-corrected chi connectivity index (χ2v) is 6.45. The summed E-state index contributed by atoms with van der Waals surface area (Å²) in [5.41, 5.74) is 5.96. The van der Waals surface area contributed by atoms with Gasteiger partial charge in [0.2, 0.25) is 5.89 Å². The Morgan fingerprint density at radius 3 is 2.45 bits per heavy atom. The van der Waals surface area contributed by atoms with Gasteiger partial charge in [-0.05, 0) is 25.7 Å². The zero-order valence-electron chi connectivity index (χ0n) is 11.9. The predicted molar refractivity (Wildman–Crippen MR) is 74.2 cm³/mol. The lowest BCUT2D eigenvalue weighted by Gasteiger charge is -2.46. The Morgan fingerprint density at radius 1 is 1.05 bits per heavy atom. The molecule has 0 amide bonds. The van der Waals surface area contributed by atoms with Crippen molar-refractivity contribution < 1.29 is 4.52 Å². The second-order valence-electron chi connectivity index (χ2n) is 6.45. The molecule has 0 radical (unpaired) electrons. The molecule has 1 saturated carbocycles. The van der Waals surface area contributed by atoms with Crippen LogP contribution in [0.1, 0.15) is 49.4 Å². The molecule has 0 spiro atoms. The minimum atomic E-state index is 0.334. The Morgan fingerprint density at radius 2 is 1.80 bits per heavy atom. The van der Waals surface area contributed by atoms with Crippen molar-refractivity contribution in [3.8, 4) is 0 Å². The van der Waals surface area contributed by atoms with E-state index in [1.807, 2.05) is 0 Å². The van der Waals surface area contributed by atoms with Gasteiger partial charge in [0.15, 0.2) is 5.82 Å². The zero-order valence-corrected chi connectivity index (χ0v) is 11.9. The highest BCUT2D eigenvalue weighted by Crippen LogP contribution is 2.33. The van der Waals surface area contributed by atoms with E-state index >= 15 is 0 Å². The highest BCUT2D eigenvalue weighted by Gasteiger charge is 2.36. The van der Waals surface area contributed by atoms with Gasteiger partial charge in [-0.1, -0.05) is 5.16 Å². The summed E-state index contributed by atoms with van der Waals surface area (Å²) < 4.78 is 5.55. The summed E-state index contributed by atoms with van der Waals surface area (Å²) in [6, 6.07) is 0.697. The van der Waals surface area contributed by atoms with Crippen LogP contribution in [0.4, 0.5) is 0 Å². The summed E-state index contributed by atoms with van der Waals surface area (Å²) in [6.07, 6.45) is 4.32. The first-order valence-corrected chi connectivity index (χ1v) is 7.85. The molecule has 110 valence electrons. The third-order valence-corrected chi connectivity index (χ3v) is 5.16. The molecule has 1 atom stereocenters. The van der Waals surface area contributed by atoms with Crippen LogP contribution in [0.3, 0.4) is 0 Å². The van der Waals surface area contributed by atoms with Crippen molar-refractivity contribution in [2.45, 2.75) is 43.7 Å². The van der Waals surface area contributed by atoms with Crippen LogP contribution in [0, 0.1) is 0 Å². The SMILES string of the molecule is NC1CCC(c2nc(C3CN4CCN3CC4)no2)CC1. The van der Waals surface area contributed by atoms with E-state index in [1.54, 1.807) is 0 Å². The summed E-state index contributed by atoms with van der Waals surface area (Å²) in [5.74, 6) is 2.15. The van der Waals surface area contributed by atoms with Crippen LogP contribution in [0.5, 0.6) is 0 Å². The van der Waals surface area contributed by atoms with Gasteiger partial charge in [-0.3, -0.25) is 9.80 Å². The molecule has 1 aromatic rings. The smallest absolute Gasteiger partial charge is 0.229 e. The summed E-state index contributed by atoms with van der Waals surface area (Å²) in [4.78, 5) is 9.71. The van der Waals surface area contributed by atoms with Gasteiger partial charge in [-0.15, -0.1) is 0 Å². The van der Waals surface area contributed by atoms with Crippen LogP contribution in [0.15, 0.2) is 4.52 Å². The molecule has 6 nitrogen and oxygen atoms in total. The number of nitrogens with two attached hydrogens (primary N) is 1. The molecule has 4 fully saturated rings. The lowest BCUT2D eigenvalue weighted by molar-refractivity contribution is 0.00781. The highest BCUT2D eigenvalue weighted by molar-refractivity contribution is 5.04. The first-order chi connectivity index (χ1) is 9.79. The van der Waals surface area contributed by atoms with Gasteiger partial charge in [0.25, 0.3) is 0 Å². The molecule has 0 aromatic carbocycles. The summed E-state index contributed by atoms with van der Waals surface area (Å²) in [5, 5.41) is 4.27. The van der Waals surface area contributed by atoms with Gasteiger partial charge in [0.05, 0.1) is 6.04 Å². The van der Waals surface area contributed by atoms with Crippen LogP contribution in [0.25, 0.3) is 0 Å². The third-order valence-electron chi connectivity index (χ3n) is 5.16. The van der Waals surface area contributed by atoms with E-state index in [0.29, 0.717) is 18.0 Å². The molecule has 5 rings (SSSR count). The third kappa shape index (κ3) is 2.25. The summed E-state index contributed by atoms with van der Waals surface area (Å²) in [6.45, 7) is 5.68. The molecule has 3 aliphatic heterocycles. The first-order valence-electron chi connectivity index (χ1n) is 7.85. The van der Waals surface area contributed by atoms with E-state index in [9.17, 15) is 0 Å². The maximum Gasteiger partial charge on any atom is 0.229 e. The van der Waals surface area contributed by atoms with Crippen LogP contribution in [-0.2, 0) is 0 Å². The van der Waals surface area contributed by atoms with Gasteiger partial charge >= 0.3 is 0 Å². The van der Waals surface area contributed by atoms with Crippen molar-refractivity contribution in [1.82, 2.24) is 19.9 Å². The van der Waals surface area contributed by atoms with Gasteiger partial charge in [0.1, 0.15) is 0 Å². The Bertz CT molecular complexity index is 460. The maximum absolute atomic E-state index is 5.96. The molecule has 1 aromatic heterocycles. The molecule has 20 heavy (non-hydrogen) atoms. The minimum Gasteiger partial charge on any atom is -0.339 e. The Labute approximate surface area is 119 Å². The molecule has 1 aliphatic carbocycles. The van der Waals surface area contributed by atoms with E-state index < -0.39 is 0 Å². The molecule has 6 heteroatoms. The van der Waals surface area contributed by atoms with Gasteiger partial charge in [-0.2, -0.15) is 4.98 Å². The average Bonchev–Trinajstić information content (AvgIpc) is 2.99. The number of fused-ring (bicyclic) bond motifs is 3. The van der Waals surface area contributed by atoms with Gasteiger partial charge in [0, 0.05) is 44.7 Å². The summed E-state index contributed by atoms with van der Waals surface area (Å²) >= 11 is 0. The van der Waals surface area contributed by atoms with Crippen LogP contribution in [-0.4, -0.2) is 58.7 Å². The molecule has 4 heterocycles. The fourth-order valence-electron chi connectivity index (χ4n) is 3.78. The van der Waals surface area contributed by atoms with Crippen LogP contribution < -0.4 is 5.73 Å². The normalized spacial score (nSPS) is 41.0. The lowest BCUT2D eigenvalue weighted by Crippen LogP contribution is -2.57. The molecular weight excluding hydrogens is 254 g/mol. The van der Waals surface area contributed by atoms with E-state index in [2.05, 4.69) is 15.0 Å². The molecular formula is C14H23N5O. The number of aromatic nitrogens is 2. The monoisotopic (exact) mass is 277 g/mol. The second kappa shape index (κ2) is 5.09. The van der Waals surface area contributed by atoms with Crippen LogP contribution >= 0.6 is 0 Å². The molecule has 2 bridgehead atoms. The maximum atomic E-state index is 5.96. The number of rotatable bonds is 2. The Kier molecular flexibility index (Phi) is 3.24. The number of piperazine rings is 3. The van der Waals surface area contributed by atoms with Crippen molar-refractivity contribution in [3.63, 3.8) is 0 Å². The van der Waals surface area contributed by atoms with Crippen molar-refractivity contribution in [2.75, 3.05) is 32.7 Å². The lowest BCUT2D eigenvalue weighted by atomic mass is 9.86. The average molecular weight is 277 g/mol. The standard InChI is InChI=1S/C14H23N5O/c15-11-3-1-10(2-4-11)14-16-13(17-20-14)12-9-18-5-7-19(12)8-6-18/h10-12H,1-9,15H2. The van der Waals surface area contributed by atoms with Crippen LogP contribution in [0.2, 0.25) is 0 Å². The Hall–Kier alpha value is -0.980. The van der Waals surface area contributed by atoms with Crippen molar-refractivity contribution in [1.29, 1.82) is 0 Å². The van der Waals surface area contributed by atoms with E-state index in [4.69, 9.17) is 15.2 Å². The quantitative estimate of drug-likeness (QED) is 0.859. The largest absolute Gasteiger partial charge is 0.339 e. The van der Waals surface area contributed by atoms with Crippen molar-refractivity contribution >= 4 is 0 Å².